The molecule has 2 aliphatic rings. The topological polar surface area (TPSA) is 35.6 Å². The summed E-state index contributed by atoms with van der Waals surface area (Å²) in [6, 6.07) is 0.777. The lowest BCUT2D eigenvalue weighted by Crippen LogP contribution is -2.50. The molecule has 0 spiro atoms. The zero-order chi connectivity index (χ0) is 12.3. The van der Waals surface area contributed by atoms with Crippen molar-refractivity contribution in [1.29, 1.82) is 0 Å². The molecule has 98 valence electrons. The molecular formula is C13H25N3O. The maximum atomic E-state index is 12.1. The Morgan fingerprint density at radius 2 is 2.12 bits per heavy atom. The molecule has 2 unspecified atom stereocenters. The maximum Gasteiger partial charge on any atom is 0.239 e. The normalized spacial score (nSPS) is 31.2. The van der Waals surface area contributed by atoms with Gasteiger partial charge in [0, 0.05) is 19.6 Å². The molecule has 1 amide bonds. The Bertz CT molecular complexity index is 269. The Balaban J connectivity index is 1.98. The first-order valence-corrected chi connectivity index (χ1v) is 6.89. The minimum Gasteiger partial charge on any atom is -0.344 e. The molecule has 2 rings (SSSR count). The fourth-order valence-corrected chi connectivity index (χ4v) is 3.17. The summed E-state index contributed by atoms with van der Waals surface area (Å²) < 4.78 is 0. The molecule has 0 aromatic heterocycles. The lowest BCUT2D eigenvalue weighted by molar-refractivity contribution is -0.132. The molecule has 0 aromatic rings. The zero-order valence-corrected chi connectivity index (χ0v) is 11.1. The summed E-state index contributed by atoms with van der Waals surface area (Å²) in [5, 5.41) is 3.22. The SMILES string of the molecule is CNCCC1CCCCN1C1CCN(C)C1=O. The third-order valence-electron chi connectivity index (χ3n) is 4.20. The lowest BCUT2D eigenvalue weighted by Gasteiger charge is -2.39. The van der Waals surface area contributed by atoms with Gasteiger partial charge in [-0.3, -0.25) is 9.69 Å². The molecule has 2 atom stereocenters. The minimum atomic E-state index is 0.169. The second-order valence-electron chi connectivity index (χ2n) is 5.34. The van der Waals surface area contributed by atoms with E-state index in [1.54, 1.807) is 0 Å². The third kappa shape index (κ3) is 2.80. The fraction of sp³-hybridized carbons (Fsp3) is 0.923. The van der Waals surface area contributed by atoms with E-state index in [0.29, 0.717) is 11.9 Å². The highest BCUT2D eigenvalue weighted by Gasteiger charge is 2.37. The number of likely N-dealkylation sites (tertiary alicyclic amines) is 2. The lowest BCUT2D eigenvalue weighted by atomic mass is 9.96. The Labute approximate surface area is 104 Å². The molecule has 2 fully saturated rings. The Kier molecular flexibility index (Phi) is 4.40. The van der Waals surface area contributed by atoms with Crippen molar-refractivity contribution in [3.05, 3.63) is 0 Å². The van der Waals surface area contributed by atoms with Gasteiger partial charge >= 0.3 is 0 Å². The summed E-state index contributed by atoms with van der Waals surface area (Å²) in [5.41, 5.74) is 0. The second kappa shape index (κ2) is 5.83. The summed E-state index contributed by atoms with van der Waals surface area (Å²) in [5.74, 6) is 0.335. The molecule has 1 N–H and O–H groups in total. The van der Waals surface area contributed by atoms with Gasteiger partial charge in [-0.1, -0.05) is 6.42 Å². The molecule has 4 heteroatoms. The van der Waals surface area contributed by atoms with Crippen molar-refractivity contribution >= 4 is 5.91 Å². The van der Waals surface area contributed by atoms with E-state index in [9.17, 15) is 4.79 Å². The van der Waals surface area contributed by atoms with Gasteiger partial charge in [0.2, 0.25) is 5.91 Å². The van der Waals surface area contributed by atoms with E-state index in [0.717, 1.165) is 26.1 Å². The number of likely N-dealkylation sites (N-methyl/N-ethyl adjacent to an activating group) is 1. The fourth-order valence-electron chi connectivity index (χ4n) is 3.17. The van der Waals surface area contributed by atoms with Crippen molar-refractivity contribution in [3.63, 3.8) is 0 Å². The van der Waals surface area contributed by atoms with Crippen LogP contribution in [0.3, 0.4) is 0 Å². The highest BCUT2D eigenvalue weighted by molar-refractivity contribution is 5.83. The van der Waals surface area contributed by atoms with E-state index in [1.165, 1.54) is 25.7 Å². The van der Waals surface area contributed by atoms with Crippen LogP contribution in [-0.2, 0) is 4.79 Å². The van der Waals surface area contributed by atoms with E-state index >= 15 is 0 Å². The number of nitrogens with zero attached hydrogens (tertiary/aromatic N) is 2. The monoisotopic (exact) mass is 239 g/mol. The van der Waals surface area contributed by atoms with Gasteiger partial charge in [0.25, 0.3) is 0 Å². The first-order chi connectivity index (χ1) is 8.24. The summed E-state index contributed by atoms with van der Waals surface area (Å²) in [6.07, 6.45) is 6.02. The van der Waals surface area contributed by atoms with Crippen LogP contribution >= 0.6 is 0 Å². The molecule has 0 aromatic carbocycles. The molecule has 4 nitrogen and oxygen atoms in total. The van der Waals surface area contributed by atoms with E-state index in [-0.39, 0.29) is 6.04 Å². The minimum absolute atomic E-state index is 0.169. The number of nitrogens with one attached hydrogen (secondary N) is 1. The highest BCUT2D eigenvalue weighted by Crippen LogP contribution is 2.26. The van der Waals surface area contributed by atoms with Crippen LogP contribution in [0.2, 0.25) is 0 Å². The first-order valence-electron chi connectivity index (χ1n) is 6.89. The highest BCUT2D eigenvalue weighted by atomic mass is 16.2. The van der Waals surface area contributed by atoms with Crippen molar-refractivity contribution in [3.8, 4) is 0 Å². The van der Waals surface area contributed by atoms with Crippen molar-refractivity contribution in [2.75, 3.05) is 33.7 Å². The van der Waals surface area contributed by atoms with Crippen molar-refractivity contribution in [2.24, 2.45) is 0 Å². The maximum absolute atomic E-state index is 12.1. The van der Waals surface area contributed by atoms with Crippen LogP contribution in [-0.4, -0.2) is 61.5 Å². The van der Waals surface area contributed by atoms with Gasteiger partial charge < -0.3 is 10.2 Å². The zero-order valence-electron chi connectivity index (χ0n) is 11.1. The number of hydrogen-bond acceptors (Lipinski definition) is 3. The number of carbonyl (C=O) groups excluding carboxylic acids is 1. The molecule has 2 aliphatic heterocycles. The Morgan fingerprint density at radius 1 is 1.29 bits per heavy atom. The van der Waals surface area contributed by atoms with Gasteiger partial charge in [-0.25, -0.2) is 0 Å². The van der Waals surface area contributed by atoms with Gasteiger partial charge in [0.1, 0.15) is 0 Å². The largest absolute Gasteiger partial charge is 0.344 e. The van der Waals surface area contributed by atoms with Crippen LogP contribution in [0.25, 0.3) is 0 Å². The van der Waals surface area contributed by atoms with Gasteiger partial charge in [0.15, 0.2) is 0 Å². The van der Waals surface area contributed by atoms with Gasteiger partial charge in [-0.2, -0.15) is 0 Å². The summed E-state index contributed by atoms with van der Waals surface area (Å²) >= 11 is 0. The van der Waals surface area contributed by atoms with Crippen LogP contribution < -0.4 is 5.32 Å². The Morgan fingerprint density at radius 3 is 2.76 bits per heavy atom. The Hall–Kier alpha value is -0.610. The van der Waals surface area contributed by atoms with E-state index < -0.39 is 0 Å². The van der Waals surface area contributed by atoms with Crippen molar-refractivity contribution in [2.45, 2.75) is 44.2 Å². The second-order valence-corrected chi connectivity index (χ2v) is 5.34. The van der Waals surface area contributed by atoms with Crippen molar-refractivity contribution in [1.82, 2.24) is 15.1 Å². The average Bonchev–Trinajstić information content (AvgIpc) is 2.68. The summed E-state index contributed by atoms with van der Waals surface area (Å²) in [4.78, 5) is 16.5. The molecule has 0 aliphatic carbocycles. The van der Waals surface area contributed by atoms with Crippen LogP contribution in [0.15, 0.2) is 0 Å². The molecule has 0 bridgehead atoms. The molecular weight excluding hydrogens is 214 g/mol. The molecule has 17 heavy (non-hydrogen) atoms. The van der Waals surface area contributed by atoms with Gasteiger partial charge in [-0.15, -0.1) is 0 Å². The van der Waals surface area contributed by atoms with Crippen LogP contribution in [0.4, 0.5) is 0 Å². The number of piperidine rings is 1. The van der Waals surface area contributed by atoms with Crippen molar-refractivity contribution < 1.29 is 4.79 Å². The quantitative estimate of drug-likeness (QED) is 0.784. The summed E-state index contributed by atoms with van der Waals surface area (Å²) in [6.45, 7) is 3.09. The van der Waals surface area contributed by atoms with Gasteiger partial charge in [-0.05, 0) is 45.8 Å². The first kappa shape index (κ1) is 12.8. The number of amides is 1. The van der Waals surface area contributed by atoms with E-state index in [2.05, 4.69) is 10.2 Å². The standard InChI is InChI=1S/C13H25N3O/c1-14-8-6-11-5-3-4-9-16(11)12-7-10-15(2)13(12)17/h11-12,14H,3-10H2,1-2H3. The van der Waals surface area contributed by atoms with E-state index in [1.807, 2.05) is 19.0 Å². The predicted molar refractivity (Wildman–Crippen MR) is 68.9 cm³/mol. The number of rotatable bonds is 4. The predicted octanol–water partition coefficient (Wildman–Crippen LogP) is 0.681. The average molecular weight is 239 g/mol. The summed E-state index contributed by atoms with van der Waals surface area (Å²) in [7, 11) is 3.93. The smallest absolute Gasteiger partial charge is 0.239 e. The molecule has 2 heterocycles. The number of carbonyl (C=O) groups is 1. The van der Waals surface area contributed by atoms with Crippen LogP contribution in [0.1, 0.15) is 32.1 Å². The van der Waals surface area contributed by atoms with E-state index in [4.69, 9.17) is 0 Å². The molecule has 2 saturated heterocycles. The van der Waals surface area contributed by atoms with Crippen LogP contribution in [0.5, 0.6) is 0 Å². The molecule has 0 saturated carbocycles. The van der Waals surface area contributed by atoms with Gasteiger partial charge in [0.05, 0.1) is 6.04 Å². The van der Waals surface area contributed by atoms with Crippen LogP contribution in [0, 0.1) is 0 Å². The number of hydrogen-bond donors (Lipinski definition) is 1. The third-order valence-corrected chi connectivity index (χ3v) is 4.20. The molecule has 0 radical (unpaired) electrons.